The Labute approximate surface area is 176 Å². The minimum Gasteiger partial charge on any atom is -0.481 e. The van der Waals surface area contributed by atoms with E-state index >= 15 is 0 Å². The fraction of sp³-hybridized carbons (Fsp3) is 0.190. The van der Waals surface area contributed by atoms with Gasteiger partial charge in [0.15, 0.2) is 5.69 Å². The van der Waals surface area contributed by atoms with Crippen LogP contribution in [0.5, 0.6) is 5.88 Å². The van der Waals surface area contributed by atoms with E-state index in [1.165, 1.54) is 11.3 Å². The van der Waals surface area contributed by atoms with Crippen molar-refractivity contribution in [3.63, 3.8) is 0 Å². The summed E-state index contributed by atoms with van der Waals surface area (Å²) < 4.78 is 7.13. The van der Waals surface area contributed by atoms with Crippen molar-refractivity contribution >= 4 is 34.0 Å². The number of pyridine rings is 1. The van der Waals surface area contributed by atoms with Gasteiger partial charge < -0.3 is 14.3 Å². The van der Waals surface area contributed by atoms with Crippen LogP contribution >= 0.6 is 11.3 Å². The van der Waals surface area contributed by atoms with Crippen molar-refractivity contribution in [1.29, 1.82) is 10.5 Å². The molecule has 0 aliphatic carbocycles. The van der Waals surface area contributed by atoms with Crippen LogP contribution in [0.25, 0.3) is 27.7 Å². The van der Waals surface area contributed by atoms with Gasteiger partial charge in [0.25, 0.3) is 0 Å². The van der Waals surface area contributed by atoms with Gasteiger partial charge >= 0.3 is 0 Å². The zero-order valence-electron chi connectivity index (χ0n) is 16.8. The SMILES string of the molecule is COc1cc2nc(/C(C#N)=C/c3cc(C)n(-c4sc(C)nc4C#N)c3C)[nH]c2cn1. The maximum absolute atomic E-state index is 9.76. The second-order valence-electron chi connectivity index (χ2n) is 6.66. The molecule has 1 N–H and O–H groups in total. The number of hydrogen-bond donors (Lipinski definition) is 1. The number of imidazole rings is 1. The van der Waals surface area contributed by atoms with E-state index in [1.54, 1.807) is 25.4 Å². The second kappa shape index (κ2) is 7.47. The molecule has 9 heteroatoms. The number of rotatable bonds is 4. The number of nitriles is 2. The molecule has 30 heavy (non-hydrogen) atoms. The van der Waals surface area contributed by atoms with Crippen molar-refractivity contribution in [3.8, 4) is 23.0 Å². The number of methoxy groups -OCH3 is 1. The van der Waals surface area contributed by atoms with E-state index in [1.807, 2.05) is 31.4 Å². The highest BCUT2D eigenvalue weighted by molar-refractivity contribution is 7.14. The molecule has 0 atom stereocenters. The standard InChI is InChI=1S/C21H17N7OS/c1-11-5-14(12(2)28(11)21-17(9-23)25-13(3)30-21)6-15(8-22)20-26-16-7-19(29-4)24-10-18(16)27-20/h5-7,10H,1-4H3,(H,26,27)/b15-6+. The summed E-state index contributed by atoms with van der Waals surface area (Å²) in [6, 6.07) is 8.08. The van der Waals surface area contributed by atoms with Gasteiger partial charge in [-0.15, -0.1) is 0 Å². The molecule has 0 bridgehead atoms. The van der Waals surface area contributed by atoms with Crippen LogP contribution in [0.3, 0.4) is 0 Å². The van der Waals surface area contributed by atoms with Gasteiger partial charge in [-0.25, -0.2) is 15.0 Å². The summed E-state index contributed by atoms with van der Waals surface area (Å²) in [5.74, 6) is 0.915. The molecule has 4 aromatic heterocycles. The van der Waals surface area contributed by atoms with E-state index in [0.717, 1.165) is 32.5 Å². The van der Waals surface area contributed by atoms with Gasteiger partial charge in [-0.1, -0.05) is 11.3 Å². The number of allylic oxidation sites excluding steroid dienone is 1. The number of H-pyrrole nitrogens is 1. The van der Waals surface area contributed by atoms with Crippen molar-refractivity contribution in [2.24, 2.45) is 0 Å². The third-order valence-corrected chi connectivity index (χ3v) is 5.68. The van der Waals surface area contributed by atoms with E-state index in [-0.39, 0.29) is 0 Å². The molecule has 4 heterocycles. The monoisotopic (exact) mass is 415 g/mol. The highest BCUT2D eigenvalue weighted by Gasteiger charge is 2.18. The van der Waals surface area contributed by atoms with Gasteiger partial charge in [-0.2, -0.15) is 10.5 Å². The normalized spacial score (nSPS) is 11.5. The smallest absolute Gasteiger partial charge is 0.215 e. The maximum atomic E-state index is 9.76. The number of thiazole rings is 1. The van der Waals surface area contributed by atoms with Crippen LogP contribution in [0.4, 0.5) is 0 Å². The van der Waals surface area contributed by atoms with Crippen molar-refractivity contribution in [2.75, 3.05) is 7.11 Å². The molecule has 0 spiro atoms. The lowest BCUT2D eigenvalue weighted by atomic mass is 10.1. The molecule has 0 saturated heterocycles. The molecule has 4 rings (SSSR count). The van der Waals surface area contributed by atoms with Crippen LogP contribution in [-0.4, -0.2) is 31.6 Å². The van der Waals surface area contributed by atoms with Crippen molar-refractivity contribution < 1.29 is 4.74 Å². The molecule has 8 nitrogen and oxygen atoms in total. The third kappa shape index (κ3) is 3.21. The zero-order valence-corrected chi connectivity index (χ0v) is 17.6. The molecular formula is C21H17N7OS. The quantitative estimate of drug-likeness (QED) is 0.502. The molecule has 4 aromatic rings. The van der Waals surface area contributed by atoms with E-state index in [0.29, 0.717) is 28.5 Å². The Morgan fingerprint density at radius 3 is 2.73 bits per heavy atom. The lowest BCUT2D eigenvalue weighted by molar-refractivity contribution is 0.398. The van der Waals surface area contributed by atoms with Crippen LogP contribution in [-0.2, 0) is 0 Å². The van der Waals surface area contributed by atoms with Crippen LogP contribution in [0.1, 0.15) is 33.5 Å². The first kappa shape index (κ1) is 19.4. The fourth-order valence-electron chi connectivity index (χ4n) is 3.33. The van der Waals surface area contributed by atoms with Gasteiger partial charge in [-0.3, -0.25) is 0 Å². The van der Waals surface area contributed by atoms with Crippen molar-refractivity contribution in [2.45, 2.75) is 20.8 Å². The number of hydrogen-bond acceptors (Lipinski definition) is 7. The first-order valence-corrected chi connectivity index (χ1v) is 9.85. The number of aromatic amines is 1. The Bertz CT molecular complexity index is 1390. The summed E-state index contributed by atoms with van der Waals surface area (Å²) in [4.78, 5) is 16.1. The Morgan fingerprint density at radius 1 is 1.23 bits per heavy atom. The largest absolute Gasteiger partial charge is 0.481 e. The average molecular weight is 415 g/mol. The number of nitrogens with one attached hydrogen (secondary N) is 1. The molecular weight excluding hydrogens is 398 g/mol. The van der Waals surface area contributed by atoms with Crippen LogP contribution < -0.4 is 4.74 Å². The number of aromatic nitrogens is 5. The molecule has 0 radical (unpaired) electrons. The summed E-state index contributed by atoms with van der Waals surface area (Å²) in [6.07, 6.45) is 3.42. The lowest BCUT2D eigenvalue weighted by Crippen LogP contribution is -1.99. The number of fused-ring (bicyclic) bond motifs is 1. The van der Waals surface area contributed by atoms with Crippen LogP contribution in [0.2, 0.25) is 0 Å². The summed E-state index contributed by atoms with van der Waals surface area (Å²) >= 11 is 1.47. The molecule has 0 aliphatic rings. The Morgan fingerprint density at radius 2 is 2.03 bits per heavy atom. The molecule has 0 saturated carbocycles. The predicted octanol–water partition coefficient (Wildman–Crippen LogP) is 4.07. The number of aryl methyl sites for hydroxylation is 2. The van der Waals surface area contributed by atoms with E-state index in [4.69, 9.17) is 4.74 Å². The minimum atomic E-state index is 0.395. The van der Waals surface area contributed by atoms with Crippen LogP contribution in [0.15, 0.2) is 18.3 Å². The Balaban J connectivity index is 1.81. The van der Waals surface area contributed by atoms with Gasteiger partial charge in [0.1, 0.15) is 23.0 Å². The second-order valence-corrected chi connectivity index (χ2v) is 7.84. The summed E-state index contributed by atoms with van der Waals surface area (Å²) in [6.45, 7) is 5.80. The summed E-state index contributed by atoms with van der Waals surface area (Å²) in [5.41, 5.74) is 4.92. The van der Waals surface area contributed by atoms with E-state index < -0.39 is 0 Å². The van der Waals surface area contributed by atoms with E-state index in [9.17, 15) is 10.5 Å². The van der Waals surface area contributed by atoms with Gasteiger partial charge in [-0.05, 0) is 38.5 Å². The molecule has 0 fully saturated rings. The first-order chi connectivity index (χ1) is 14.4. The maximum Gasteiger partial charge on any atom is 0.215 e. The number of nitrogens with zero attached hydrogens (tertiary/aromatic N) is 6. The highest BCUT2D eigenvalue weighted by atomic mass is 32.1. The molecule has 0 unspecified atom stereocenters. The van der Waals surface area contributed by atoms with Crippen molar-refractivity contribution in [3.05, 3.63) is 51.8 Å². The minimum absolute atomic E-state index is 0.395. The summed E-state index contributed by atoms with van der Waals surface area (Å²) in [7, 11) is 1.54. The van der Waals surface area contributed by atoms with Crippen molar-refractivity contribution in [1.82, 2.24) is 24.5 Å². The Kier molecular flexibility index (Phi) is 4.82. The van der Waals surface area contributed by atoms with Crippen LogP contribution in [0, 0.1) is 43.4 Å². The average Bonchev–Trinajstić information content (AvgIpc) is 3.40. The van der Waals surface area contributed by atoms with Gasteiger partial charge in [0.05, 0.1) is 34.9 Å². The number of ether oxygens (including phenoxy) is 1. The van der Waals surface area contributed by atoms with Gasteiger partial charge in [0.2, 0.25) is 5.88 Å². The fourth-order valence-corrected chi connectivity index (χ4v) is 4.30. The molecule has 0 aromatic carbocycles. The highest BCUT2D eigenvalue weighted by Crippen LogP contribution is 2.30. The first-order valence-electron chi connectivity index (χ1n) is 9.04. The Hall–Kier alpha value is -3.95. The summed E-state index contributed by atoms with van der Waals surface area (Å²) in [5, 5.41) is 20.8. The van der Waals surface area contributed by atoms with Gasteiger partial charge in [0, 0.05) is 17.5 Å². The molecule has 0 amide bonds. The predicted molar refractivity (Wildman–Crippen MR) is 114 cm³/mol. The zero-order chi connectivity index (χ0) is 21.4. The van der Waals surface area contributed by atoms with E-state index in [2.05, 4.69) is 32.1 Å². The lowest BCUT2D eigenvalue weighted by Gasteiger charge is -2.06. The topological polar surface area (TPSA) is 116 Å². The molecule has 0 aliphatic heterocycles. The third-order valence-electron chi connectivity index (χ3n) is 4.72. The molecule has 148 valence electrons.